The highest BCUT2D eigenvalue weighted by Crippen LogP contribution is 2.29. The lowest BCUT2D eigenvalue weighted by Crippen LogP contribution is -2.13. The standard InChI is InChI=1S/C16H15ClN4O3/c1-8(2)23-12-6-4-10-14(21-12)13(18)15(24-10)16(22)20-11-5-3-9(17)7-19-11/h3-8H,18H2,1-2H3,(H,19,20,22). The predicted octanol–water partition coefficient (Wildman–Crippen LogP) is 3.50. The number of carbonyl (C=O) groups excluding carboxylic acids is 1. The molecule has 3 rings (SSSR count). The number of rotatable bonds is 4. The molecule has 0 aromatic carbocycles. The van der Waals surface area contributed by atoms with E-state index < -0.39 is 5.91 Å². The van der Waals surface area contributed by atoms with E-state index in [2.05, 4.69) is 15.3 Å². The molecule has 8 heteroatoms. The van der Waals surface area contributed by atoms with Gasteiger partial charge in [-0.15, -0.1) is 0 Å². The molecule has 3 aromatic heterocycles. The molecular formula is C16H15ClN4O3. The van der Waals surface area contributed by atoms with Gasteiger partial charge in [0.1, 0.15) is 17.0 Å². The van der Waals surface area contributed by atoms with Gasteiger partial charge in [-0.3, -0.25) is 4.79 Å². The first-order valence-corrected chi connectivity index (χ1v) is 7.60. The van der Waals surface area contributed by atoms with Gasteiger partial charge in [-0.25, -0.2) is 9.97 Å². The van der Waals surface area contributed by atoms with Crippen LogP contribution in [0.25, 0.3) is 11.1 Å². The van der Waals surface area contributed by atoms with Crippen LogP contribution < -0.4 is 15.8 Å². The molecule has 3 N–H and O–H groups in total. The van der Waals surface area contributed by atoms with Gasteiger partial charge in [-0.05, 0) is 32.0 Å². The number of nitrogen functional groups attached to an aromatic ring is 1. The number of hydrogen-bond donors (Lipinski definition) is 2. The van der Waals surface area contributed by atoms with E-state index >= 15 is 0 Å². The quantitative estimate of drug-likeness (QED) is 0.749. The molecule has 3 heterocycles. The molecule has 0 atom stereocenters. The van der Waals surface area contributed by atoms with Crippen molar-refractivity contribution in [2.75, 3.05) is 11.1 Å². The summed E-state index contributed by atoms with van der Waals surface area (Å²) >= 11 is 5.76. The minimum Gasteiger partial charge on any atom is -0.475 e. The number of amides is 1. The van der Waals surface area contributed by atoms with E-state index in [-0.39, 0.29) is 17.6 Å². The zero-order valence-electron chi connectivity index (χ0n) is 13.0. The van der Waals surface area contributed by atoms with E-state index in [1.807, 2.05) is 13.8 Å². The lowest BCUT2D eigenvalue weighted by molar-refractivity contribution is 0.0999. The van der Waals surface area contributed by atoms with E-state index in [1.165, 1.54) is 6.20 Å². The first kappa shape index (κ1) is 16.1. The maximum absolute atomic E-state index is 12.3. The highest BCUT2D eigenvalue weighted by molar-refractivity contribution is 6.30. The number of nitrogens with two attached hydrogens (primary N) is 1. The molecule has 0 radical (unpaired) electrons. The van der Waals surface area contributed by atoms with Gasteiger partial charge in [-0.2, -0.15) is 0 Å². The third-order valence-corrected chi connectivity index (χ3v) is 3.30. The van der Waals surface area contributed by atoms with Crippen LogP contribution in [0.15, 0.2) is 34.9 Å². The Morgan fingerprint density at radius 1 is 1.33 bits per heavy atom. The van der Waals surface area contributed by atoms with Gasteiger partial charge in [0, 0.05) is 12.3 Å². The van der Waals surface area contributed by atoms with E-state index in [0.29, 0.717) is 27.8 Å². The van der Waals surface area contributed by atoms with Crippen molar-refractivity contribution in [3.63, 3.8) is 0 Å². The maximum Gasteiger partial charge on any atom is 0.294 e. The van der Waals surface area contributed by atoms with Gasteiger partial charge in [0.15, 0.2) is 5.58 Å². The Labute approximate surface area is 142 Å². The van der Waals surface area contributed by atoms with Crippen molar-refractivity contribution >= 4 is 40.1 Å². The van der Waals surface area contributed by atoms with E-state index in [4.69, 9.17) is 26.5 Å². The fourth-order valence-electron chi connectivity index (χ4n) is 2.07. The van der Waals surface area contributed by atoms with Crippen LogP contribution in [0, 0.1) is 0 Å². The lowest BCUT2D eigenvalue weighted by Gasteiger charge is -2.07. The molecule has 0 aliphatic rings. The van der Waals surface area contributed by atoms with E-state index in [9.17, 15) is 4.79 Å². The minimum absolute atomic E-state index is 0.0261. The zero-order valence-corrected chi connectivity index (χ0v) is 13.8. The SMILES string of the molecule is CC(C)Oc1ccc2oc(C(=O)Nc3ccc(Cl)cn3)c(N)c2n1. The monoisotopic (exact) mass is 346 g/mol. The van der Waals surface area contributed by atoms with Crippen molar-refractivity contribution in [3.8, 4) is 5.88 Å². The first-order chi connectivity index (χ1) is 11.4. The number of nitrogens with zero attached hydrogens (tertiary/aromatic N) is 2. The summed E-state index contributed by atoms with van der Waals surface area (Å²) in [5.41, 5.74) is 6.93. The average Bonchev–Trinajstić information content (AvgIpc) is 2.86. The summed E-state index contributed by atoms with van der Waals surface area (Å²) in [4.78, 5) is 20.6. The molecule has 0 fully saturated rings. The second-order valence-corrected chi connectivity index (χ2v) is 5.76. The van der Waals surface area contributed by atoms with Crippen LogP contribution in [-0.2, 0) is 0 Å². The maximum atomic E-state index is 12.3. The summed E-state index contributed by atoms with van der Waals surface area (Å²) < 4.78 is 11.0. The molecule has 0 saturated carbocycles. The number of carbonyl (C=O) groups is 1. The van der Waals surface area contributed by atoms with Crippen LogP contribution in [-0.4, -0.2) is 22.0 Å². The molecular weight excluding hydrogens is 332 g/mol. The van der Waals surface area contributed by atoms with Gasteiger partial charge in [-0.1, -0.05) is 11.6 Å². The number of pyridine rings is 2. The first-order valence-electron chi connectivity index (χ1n) is 7.22. The Balaban J connectivity index is 1.90. The molecule has 0 bridgehead atoms. The van der Waals surface area contributed by atoms with Gasteiger partial charge < -0.3 is 20.2 Å². The fourth-order valence-corrected chi connectivity index (χ4v) is 2.19. The summed E-state index contributed by atoms with van der Waals surface area (Å²) in [5.74, 6) is 0.194. The average molecular weight is 347 g/mol. The van der Waals surface area contributed by atoms with Crippen LogP contribution in [0.5, 0.6) is 5.88 Å². The predicted molar refractivity (Wildman–Crippen MR) is 91.4 cm³/mol. The highest BCUT2D eigenvalue weighted by atomic mass is 35.5. The van der Waals surface area contributed by atoms with Gasteiger partial charge in [0.2, 0.25) is 11.6 Å². The van der Waals surface area contributed by atoms with Crippen molar-refractivity contribution < 1.29 is 13.9 Å². The molecule has 0 aliphatic carbocycles. The number of ether oxygens (including phenoxy) is 1. The molecule has 0 unspecified atom stereocenters. The Bertz CT molecular complexity index is 890. The summed E-state index contributed by atoms with van der Waals surface area (Å²) in [6, 6.07) is 6.51. The van der Waals surface area contributed by atoms with Gasteiger partial charge in [0.25, 0.3) is 5.91 Å². The Hall–Kier alpha value is -2.80. The van der Waals surface area contributed by atoms with Crippen molar-refractivity contribution in [1.82, 2.24) is 9.97 Å². The molecule has 0 aliphatic heterocycles. The van der Waals surface area contributed by atoms with E-state index in [1.54, 1.807) is 24.3 Å². The van der Waals surface area contributed by atoms with Crippen LogP contribution in [0.1, 0.15) is 24.4 Å². The van der Waals surface area contributed by atoms with Crippen molar-refractivity contribution in [2.24, 2.45) is 0 Å². The number of furan rings is 1. The molecule has 7 nitrogen and oxygen atoms in total. The van der Waals surface area contributed by atoms with E-state index in [0.717, 1.165) is 0 Å². The fraction of sp³-hybridized carbons (Fsp3) is 0.188. The highest BCUT2D eigenvalue weighted by Gasteiger charge is 2.20. The Kier molecular flexibility index (Phi) is 4.26. The van der Waals surface area contributed by atoms with Crippen LogP contribution >= 0.6 is 11.6 Å². The molecule has 0 spiro atoms. The third-order valence-electron chi connectivity index (χ3n) is 3.08. The third kappa shape index (κ3) is 3.26. The lowest BCUT2D eigenvalue weighted by atomic mass is 10.3. The summed E-state index contributed by atoms with van der Waals surface area (Å²) in [6.45, 7) is 3.78. The smallest absolute Gasteiger partial charge is 0.294 e. The summed E-state index contributed by atoms with van der Waals surface area (Å²) in [5, 5.41) is 3.06. The van der Waals surface area contributed by atoms with Crippen LogP contribution in [0.4, 0.5) is 11.5 Å². The van der Waals surface area contributed by atoms with Crippen LogP contribution in [0.3, 0.4) is 0 Å². The number of halogens is 1. The number of fused-ring (bicyclic) bond motifs is 1. The van der Waals surface area contributed by atoms with Gasteiger partial charge in [0.05, 0.1) is 11.1 Å². The van der Waals surface area contributed by atoms with Gasteiger partial charge >= 0.3 is 0 Å². The second-order valence-electron chi connectivity index (χ2n) is 5.32. The van der Waals surface area contributed by atoms with Crippen molar-refractivity contribution in [1.29, 1.82) is 0 Å². The van der Waals surface area contributed by atoms with Crippen LogP contribution in [0.2, 0.25) is 5.02 Å². The molecule has 124 valence electrons. The molecule has 0 saturated heterocycles. The molecule has 1 amide bonds. The second kappa shape index (κ2) is 6.37. The topological polar surface area (TPSA) is 103 Å². The Morgan fingerprint density at radius 2 is 2.12 bits per heavy atom. The number of anilines is 2. The summed E-state index contributed by atoms with van der Waals surface area (Å²) in [6.07, 6.45) is 1.40. The van der Waals surface area contributed by atoms with Crippen molar-refractivity contribution in [3.05, 3.63) is 41.2 Å². The molecule has 3 aromatic rings. The Morgan fingerprint density at radius 3 is 2.79 bits per heavy atom. The number of aromatic nitrogens is 2. The normalized spacial score (nSPS) is 11.0. The van der Waals surface area contributed by atoms with Crippen molar-refractivity contribution in [2.45, 2.75) is 20.0 Å². The number of hydrogen-bond acceptors (Lipinski definition) is 6. The minimum atomic E-state index is -0.522. The molecule has 24 heavy (non-hydrogen) atoms. The summed E-state index contributed by atoms with van der Waals surface area (Å²) in [7, 11) is 0. The largest absolute Gasteiger partial charge is 0.475 e. The number of nitrogens with one attached hydrogen (secondary N) is 1. The zero-order chi connectivity index (χ0) is 17.3.